The van der Waals surface area contributed by atoms with Crippen molar-refractivity contribution in [2.75, 3.05) is 0 Å². The number of halogens is 1. The Kier molecular flexibility index (Phi) is 3.57. The molecule has 0 aliphatic rings. The molecule has 0 aliphatic carbocycles. The number of benzene rings is 1. The number of carboxylic acids is 1. The van der Waals surface area contributed by atoms with Gasteiger partial charge in [-0.15, -0.1) is 15.0 Å². The Labute approximate surface area is 108 Å². The van der Waals surface area contributed by atoms with E-state index in [1.165, 1.54) is 0 Å². The van der Waals surface area contributed by atoms with E-state index < -0.39 is 12.0 Å². The standard InChI is InChI=1S/C11H11ClN4O2/c1-2-9(11(17)18)16-14-10(13-15-16)7-3-5-8(12)6-4-7/h3-6,9H,2H2,1H3,(H,17,18)/t9-/m0/s1. The van der Waals surface area contributed by atoms with Crippen LogP contribution in [0.15, 0.2) is 24.3 Å². The Balaban J connectivity index is 2.30. The first-order valence-corrected chi connectivity index (χ1v) is 5.78. The highest BCUT2D eigenvalue weighted by molar-refractivity contribution is 6.30. The lowest BCUT2D eigenvalue weighted by Gasteiger charge is -2.06. The van der Waals surface area contributed by atoms with Crippen LogP contribution in [0.3, 0.4) is 0 Å². The first kappa shape index (κ1) is 12.5. The van der Waals surface area contributed by atoms with Crippen LogP contribution in [-0.2, 0) is 4.79 Å². The monoisotopic (exact) mass is 266 g/mol. The van der Waals surface area contributed by atoms with Gasteiger partial charge in [0.2, 0.25) is 5.82 Å². The number of carbonyl (C=O) groups is 1. The van der Waals surface area contributed by atoms with Crippen LogP contribution in [-0.4, -0.2) is 31.3 Å². The van der Waals surface area contributed by atoms with Crippen LogP contribution in [0, 0.1) is 0 Å². The largest absolute Gasteiger partial charge is 0.480 e. The molecular formula is C11H11ClN4O2. The lowest BCUT2D eigenvalue weighted by atomic mass is 10.2. The van der Waals surface area contributed by atoms with Crippen molar-refractivity contribution in [2.45, 2.75) is 19.4 Å². The summed E-state index contributed by atoms with van der Waals surface area (Å²) in [6, 6.07) is 6.15. The molecule has 1 N–H and O–H groups in total. The van der Waals surface area contributed by atoms with Gasteiger partial charge in [-0.3, -0.25) is 0 Å². The van der Waals surface area contributed by atoms with Crippen LogP contribution in [0.4, 0.5) is 0 Å². The molecule has 0 bridgehead atoms. The van der Waals surface area contributed by atoms with Crippen molar-refractivity contribution in [3.8, 4) is 11.4 Å². The normalized spacial score (nSPS) is 12.3. The zero-order chi connectivity index (χ0) is 13.1. The first-order valence-electron chi connectivity index (χ1n) is 5.40. The summed E-state index contributed by atoms with van der Waals surface area (Å²) in [6.07, 6.45) is 0.395. The average Bonchev–Trinajstić information content (AvgIpc) is 2.80. The van der Waals surface area contributed by atoms with Gasteiger partial charge in [0, 0.05) is 10.6 Å². The van der Waals surface area contributed by atoms with Crippen LogP contribution >= 0.6 is 11.6 Å². The third kappa shape index (κ3) is 2.48. The number of aromatic nitrogens is 4. The number of nitrogens with zero attached hydrogens (tertiary/aromatic N) is 4. The van der Waals surface area contributed by atoms with E-state index in [9.17, 15) is 4.79 Å². The van der Waals surface area contributed by atoms with Crippen molar-refractivity contribution in [1.29, 1.82) is 0 Å². The predicted molar refractivity (Wildman–Crippen MR) is 65.2 cm³/mol. The van der Waals surface area contributed by atoms with Gasteiger partial charge < -0.3 is 5.11 Å². The summed E-state index contributed by atoms with van der Waals surface area (Å²) < 4.78 is 0. The van der Waals surface area contributed by atoms with E-state index in [1.807, 2.05) is 0 Å². The molecule has 6 nitrogen and oxygen atoms in total. The second-order valence-electron chi connectivity index (χ2n) is 3.70. The summed E-state index contributed by atoms with van der Waals surface area (Å²) in [5.74, 6) is -0.594. The molecule has 0 saturated carbocycles. The smallest absolute Gasteiger partial charge is 0.330 e. The van der Waals surface area contributed by atoms with Gasteiger partial charge in [-0.1, -0.05) is 18.5 Å². The summed E-state index contributed by atoms with van der Waals surface area (Å²) in [5.41, 5.74) is 0.742. The first-order chi connectivity index (χ1) is 8.61. The number of tetrazole rings is 1. The van der Waals surface area contributed by atoms with Crippen LogP contribution in [0.5, 0.6) is 0 Å². The molecule has 0 unspecified atom stereocenters. The third-order valence-corrected chi connectivity index (χ3v) is 2.73. The Morgan fingerprint density at radius 2 is 2.11 bits per heavy atom. The third-order valence-electron chi connectivity index (χ3n) is 2.48. The Morgan fingerprint density at radius 3 is 2.67 bits per heavy atom. The van der Waals surface area contributed by atoms with E-state index in [0.717, 1.165) is 10.4 Å². The van der Waals surface area contributed by atoms with E-state index in [4.69, 9.17) is 16.7 Å². The van der Waals surface area contributed by atoms with Gasteiger partial charge in [0.05, 0.1) is 0 Å². The van der Waals surface area contributed by atoms with Crippen LogP contribution in [0.2, 0.25) is 5.02 Å². The van der Waals surface area contributed by atoms with E-state index in [0.29, 0.717) is 17.3 Å². The van der Waals surface area contributed by atoms with Crippen molar-refractivity contribution in [2.24, 2.45) is 0 Å². The van der Waals surface area contributed by atoms with Crippen LogP contribution in [0.25, 0.3) is 11.4 Å². The maximum Gasteiger partial charge on any atom is 0.330 e. The molecule has 94 valence electrons. The second kappa shape index (κ2) is 5.14. The van der Waals surface area contributed by atoms with Gasteiger partial charge in [-0.2, -0.15) is 0 Å². The number of aliphatic carboxylic acids is 1. The van der Waals surface area contributed by atoms with E-state index in [2.05, 4.69) is 15.4 Å². The predicted octanol–water partition coefficient (Wildman–Crippen LogP) is 2.03. The van der Waals surface area contributed by atoms with Crippen LogP contribution < -0.4 is 0 Å². The number of carboxylic acid groups (broad SMARTS) is 1. The molecule has 0 fully saturated rings. The molecule has 0 spiro atoms. The SMILES string of the molecule is CC[C@@H](C(=O)O)n1nnc(-c2ccc(Cl)cc2)n1. The molecule has 2 rings (SSSR count). The molecule has 1 atom stereocenters. The van der Waals surface area contributed by atoms with E-state index in [-0.39, 0.29) is 0 Å². The Morgan fingerprint density at radius 1 is 1.44 bits per heavy atom. The quantitative estimate of drug-likeness (QED) is 0.916. The molecule has 0 aliphatic heterocycles. The molecule has 1 aromatic heterocycles. The van der Waals surface area contributed by atoms with Crippen molar-refractivity contribution < 1.29 is 9.90 Å². The summed E-state index contributed by atoms with van der Waals surface area (Å²) in [4.78, 5) is 12.1. The number of rotatable bonds is 4. The summed E-state index contributed by atoms with van der Waals surface area (Å²) in [7, 11) is 0. The molecule has 1 aromatic carbocycles. The fraction of sp³-hybridized carbons (Fsp3) is 0.273. The zero-order valence-corrected chi connectivity index (χ0v) is 10.4. The highest BCUT2D eigenvalue weighted by Gasteiger charge is 2.20. The molecule has 0 radical (unpaired) electrons. The minimum Gasteiger partial charge on any atom is -0.480 e. The van der Waals surface area contributed by atoms with Gasteiger partial charge in [-0.25, -0.2) is 4.79 Å². The molecule has 0 amide bonds. The summed E-state index contributed by atoms with van der Waals surface area (Å²) in [6.45, 7) is 1.75. The highest BCUT2D eigenvalue weighted by atomic mass is 35.5. The van der Waals surface area contributed by atoms with Crippen molar-refractivity contribution >= 4 is 17.6 Å². The molecule has 0 saturated heterocycles. The molecule has 2 aromatic rings. The van der Waals surface area contributed by atoms with Crippen molar-refractivity contribution in [3.63, 3.8) is 0 Å². The van der Waals surface area contributed by atoms with Gasteiger partial charge in [0.25, 0.3) is 0 Å². The molecule has 1 heterocycles. The minimum absolute atomic E-state index is 0.381. The minimum atomic E-state index is -0.974. The van der Waals surface area contributed by atoms with E-state index in [1.54, 1.807) is 31.2 Å². The second-order valence-corrected chi connectivity index (χ2v) is 4.14. The summed E-state index contributed by atoms with van der Waals surface area (Å²) in [5, 5.41) is 21.3. The zero-order valence-electron chi connectivity index (χ0n) is 9.62. The highest BCUT2D eigenvalue weighted by Crippen LogP contribution is 2.18. The maximum atomic E-state index is 11.0. The van der Waals surface area contributed by atoms with Gasteiger partial charge >= 0.3 is 5.97 Å². The van der Waals surface area contributed by atoms with E-state index >= 15 is 0 Å². The fourth-order valence-corrected chi connectivity index (χ4v) is 1.63. The number of hydrogen-bond donors (Lipinski definition) is 1. The van der Waals surface area contributed by atoms with Gasteiger partial charge in [0.15, 0.2) is 6.04 Å². The topological polar surface area (TPSA) is 80.9 Å². The average molecular weight is 267 g/mol. The van der Waals surface area contributed by atoms with Crippen LogP contribution in [0.1, 0.15) is 19.4 Å². The van der Waals surface area contributed by atoms with Gasteiger partial charge in [-0.05, 0) is 35.9 Å². The lowest BCUT2D eigenvalue weighted by molar-refractivity contribution is -0.141. The summed E-state index contributed by atoms with van der Waals surface area (Å²) >= 11 is 5.78. The molecule has 18 heavy (non-hydrogen) atoms. The maximum absolute atomic E-state index is 11.0. The lowest BCUT2D eigenvalue weighted by Crippen LogP contribution is -2.20. The van der Waals surface area contributed by atoms with Crippen molar-refractivity contribution in [1.82, 2.24) is 20.2 Å². The fourth-order valence-electron chi connectivity index (χ4n) is 1.51. The Hall–Kier alpha value is -1.95. The van der Waals surface area contributed by atoms with Gasteiger partial charge in [0.1, 0.15) is 0 Å². The molecular weight excluding hydrogens is 256 g/mol. The number of hydrogen-bond acceptors (Lipinski definition) is 4. The molecule has 7 heteroatoms. The Bertz CT molecular complexity index is 552. The van der Waals surface area contributed by atoms with Crippen molar-refractivity contribution in [3.05, 3.63) is 29.3 Å².